The Morgan fingerprint density at radius 3 is 2.59 bits per heavy atom. The van der Waals surface area contributed by atoms with Crippen LogP contribution in [0.3, 0.4) is 0 Å². The Balaban J connectivity index is 2.18. The maximum atomic E-state index is 12.4. The van der Waals surface area contributed by atoms with E-state index in [0.29, 0.717) is 22.6 Å². The van der Waals surface area contributed by atoms with Crippen LogP contribution in [0.25, 0.3) is 0 Å². The molecule has 0 aliphatic heterocycles. The molecule has 1 fully saturated rings. The van der Waals surface area contributed by atoms with Crippen LogP contribution in [0.4, 0.5) is 13.2 Å². The summed E-state index contributed by atoms with van der Waals surface area (Å²) in [5.74, 6) is -0.175. The van der Waals surface area contributed by atoms with Gasteiger partial charge in [0.2, 0.25) is 0 Å². The van der Waals surface area contributed by atoms with E-state index in [2.05, 4.69) is 4.98 Å². The molecule has 2 nitrogen and oxygen atoms in total. The van der Waals surface area contributed by atoms with E-state index in [1.807, 2.05) is 0 Å². The fourth-order valence-corrected chi connectivity index (χ4v) is 3.19. The summed E-state index contributed by atoms with van der Waals surface area (Å²) in [6.45, 7) is 0. The second-order valence-corrected chi connectivity index (χ2v) is 5.44. The van der Waals surface area contributed by atoms with Crippen LogP contribution in [0.2, 0.25) is 0 Å². The second-order valence-electron chi connectivity index (χ2n) is 4.38. The molecule has 1 N–H and O–H groups in total. The molecule has 0 aromatic carbocycles. The van der Waals surface area contributed by atoms with Crippen LogP contribution in [0.1, 0.15) is 47.9 Å². The van der Waals surface area contributed by atoms with Gasteiger partial charge in [0.25, 0.3) is 0 Å². The summed E-state index contributed by atoms with van der Waals surface area (Å²) in [5, 5.41) is 9.10. The van der Waals surface area contributed by atoms with Crippen molar-refractivity contribution in [2.45, 2.75) is 50.3 Å². The van der Waals surface area contributed by atoms with E-state index >= 15 is 0 Å². The number of aromatic nitrogens is 1. The summed E-state index contributed by atoms with van der Waals surface area (Å²) in [4.78, 5) is 3.97. The van der Waals surface area contributed by atoms with Crippen molar-refractivity contribution >= 4 is 11.3 Å². The average Bonchev–Trinajstić information content (AvgIpc) is 2.63. The SMILES string of the molecule is OC1CCCCCC1c1cnc(C(F)(F)F)s1. The van der Waals surface area contributed by atoms with Gasteiger partial charge in [0.15, 0.2) is 5.01 Å². The molecule has 0 saturated heterocycles. The number of hydrogen-bond acceptors (Lipinski definition) is 3. The van der Waals surface area contributed by atoms with Crippen molar-refractivity contribution in [1.82, 2.24) is 4.98 Å². The second kappa shape index (κ2) is 4.94. The molecule has 17 heavy (non-hydrogen) atoms. The lowest BCUT2D eigenvalue weighted by molar-refractivity contribution is -0.137. The first-order valence-corrected chi connectivity index (χ1v) is 6.51. The van der Waals surface area contributed by atoms with Crippen LogP contribution in [0, 0.1) is 0 Å². The van der Waals surface area contributed by atoms with Gasteiger partial charge in [-0.25, -0.2) is 4.98 Å². The Labute approximate surface area is 101 Å². The predicted octanol–water partition coefficient (Wildman–Crippen LogP) is 3.57. The number of aliphatic hydroxyl groups excluding tert-OH is 1. The van der Waals surface area contributed by atoms with Crippen LogP contribution in [-0.4, -0.2) is 16.2 Å². The van der Waals surface area contributed by atoms with E-state index in [1.54, 1.807) is 0 Å². The first-order chi connectivity index (χ1) is 7.98. The van der Waals surface area contributed by atoms with Crippen LogP contribution >= 0.6 is 11.3 Å². The minimum Gasteiger partial charge on any atom is -0.392 e. The van der Waals surface area contributed by atoms with Gasteiger partial charge in [-0.3, -0.25) is 0 Å². The first kappa shape index (κ1) is 12.8. The Bertz CT molecular complexity index is 377. The molecule has 2 rings (SSSR count). The number of thiazole rings is 1. The van der Waals surface area contributed by atoms with Crippen molar-refractivity contribution in [2.75, 3.05) is 0 Å². The van der Waals surface area contributed by atoms with Crippen molar-refractivity contribution in [3.05, 3.63) is 16.1 Å². The molecule has 1 heterocycles. The van der Waals surface area contributed by atoms with E-state index < -0.39 is 17.3 Å². The summed E-state index contributed by atoms with van der Waals surface area (Å²) in [7, 11) is 0. The van der Waals surface area contributed by atoms with Gasteiger partial charge in [0, 0.05) is 17.0 Å². The first-order valence-electron chi connectivity index (χ1n) is 5.69. The van der Waals surface area contributed by atoms with E-state index in [1.165, 1.54) is 6.20 Å². The highest BCUT2D eigenvalue weighted by Gasteiger charge is 2.36. The largest absolute Gasteiger partial charge is 0.443 e. The molecule has 0 bridgehead atoms. The van der Waals surface area contributed by atoms with Crippen molar-refractivity contribution in [3.8, 4) is 0 Å². The lowest BCUT2D eigenvalue weighted by Gasteiger charge is -2.18. The molecule has 6 heteroatoms. The molecular formula is C11H14F3NOS. The molecular weight excluding hydrogens is 251 g/mol. The highest BCUT2D eigenvalue weighted by atomic mass is 32.1. The van der Waals surface area contributed by atoms with Gasteiger partial charge < -0.3 is 5.11 Å². The van der Waals surface area contributed by atoms with E-state index in [4.69, 9.17) is 0 Å². The number of hydrogen-bond donors (Lipinski definition) is 1. The van der Waals surface area contributed by atoms with Crippen LogP contribution in [-0.2, 0) is 6.18 Å². The van der Waals surface area contributed by atoms with Crippen molar-refractivity contribution in [1.29, 1.82) is 0 Å². The Kier molecular flexibility index (Phi) is 3.73. The zero-order valence-electron chi connectivity index (χ0n) is 9.20. The zero-order valence-corrected chi connectivity index (χ0v) is 10.0. The third-order valence-corrected chi connectivity index (χ3v) is 4.29. The van der Waals surface area contributed by atoms with Gasteiger partial charge in [-0.2, -0.15) is 13.2 Å². The van der Waals surface area contributed by atoms with Crippen molar-refractivity contribution in [3.63, 3.8) is 0 Å². The van der Waals surface area contributed by atoms with Crippen LogP contribution in [0.5, 0.6) is 0 Å². The number of halogens is 3. The highest BCUT2D eigenvalue weighted by Crippen LogP contribution is 2.39. The summed E-state index contributed by atoms with van der Waals surface area (Å²) >= 11 is 0.663. The molecule has 0 amide bonds. The third kappa shape index (κ3) is 2.98. The summed E-state index contributed by atoms with van der Waals surface area (Å²) in [5.41, 5.74) is 0. The van der Waals surface area contributed by atoms with Gasteiger partial charge in [0.05, 0.1) is 6.10 Å². The van der Waals surface area contributed by atoms with Crippen molar-refractivity contribution < 1.29 is 18.3 Å². The molecule has 1 aliphatic carbocycles. The van der Waals surface area contributed by atoms with Gasteiger partial charge in [-0.1, -0.05) is 19.3 Å². The van der Waals surface area contributed by atoms with Gasteiger partial charge in [0.1, 0.15) is 0 Å². The lowest BCUT2D eigenvalue weighted by atomic mass is 9.96. The lowest BCUT2D eigenvalue weighted by Crippen LogP contribution is -2.15. The fraction of sp³-hybridized carbons (Fsp3) is 0.727. The molecule has 0 radical (unpaired) electrons. The quantitative estimate of drug-likeness (QED) is 0.787. The predicted molar refractivity (Wildman–Crippen MR) is 58.9 cm³/mol. The molecule has 1 aliphatic rings. The van der Waals surface area contributed by atoms with Gasteiger partial charge in [-0.05, 0) is 12.8 Å². The molecule has 1 saturated carbocycles. The van der Waals surface area contributed by atoms with E-state index in [9.17, 15) is 18.3 Å². The van der Waals surface area contributed by atoms with E-state index in [-0.39, 0.29) is 5.92 Å². The molecule has 2 unspecified atom stereocenters. The fourth-order valence-electron chi connectivity index (χ4n) is 2.21. The van der Waals surface area contributed by atoms with E-state index in [0.717, 1.165) is 25.7 Å². The topological polar surface area (TPSA) is 33.1 Å². The van der Waals surface area contributed by atoms with Crippen molar-refractivity contribution in [2.24, 2.45) is 0 Å². The molecule has 2 atom stereocenters. The van der Waals surface area contributed by atoms with Gasteiger partial charge in [-0.15, -0.1) is 11.3 Å². The summed E-state index contributed by atoms with van der Waals surface area (Å²) < 4.78 is 37.3. The number of rotatable bonds is 1. The Morgan fingerprint density at radius 2 is 1.94 bits per heavy atom. The number of alkyl halides is 3. The standard InChI is InChI=1S/C11H14F3NOS/c12-11(13,14)10-15-6-9(17-10)7-4-2-1-3-5-8(7)16/h6-8,16H,1-5H2. The minimum absolute atomic E-state index is 0.175. The third-order valence-electron chi connectivity index (χ3n) is 3.11. The monoisotopic (exact) mass is 265 g/mol. The zero-order chi connectivity index (χ0) is 12.5. The van der Waals surface area contributed by atoms with Crippen LogP contribution in [0.15, 0.2) is 6.20 Å². The summed E-state index contributed by atoms with van der Waals surface area (Å²) in [6, 6.07) is 0. The Morgan fingerprint density at radius 1 is 1.24 bits per heavy atom. The normalized spacial score (nSPS) is 26.8. The molecule has 96 valence electrons. The maximum absolute atomic E-state index is 12.4. The highest BCUT2D eigenvalue weighted by molar-refractivity contribution is 7.11. The summed E-state index contributed by atoms with van der Waals surface area (Å²) in [6.07, 6.45) is 0.733. The smallest absolute Gasteiger partial charge is 0.392 e. The van der Waals surface area contributed by atoms with Crippen LogP contribution < -0.4 is 0 Å². The number of nitrogens with zero attached hydrogens (tertiary/aromatic N) is 1. The molecule has 0 spiro atoms. The Hall–Kier alpha value is -0.620. The molecule has 1 aromatic rings. The molecule has 1 aromatic heterocycles. The van der Waals surface area contributed by atoms with Gasteiger partial charge >= 0.3 is 6.18 Å². The number of aliphatic hydroxyl groups is 1. The average molecular weight is 265 g/mol. The minimum atomic E-state index is -4.38. The maximum Gasteiger partial charge on any atom is 0.443 e.